The van der Waals surface area contributed by atoms with Crippen molar-refractivity contribution in [2.45, 2.75) is 12.8 Å². The van der Waals surface area contributed by atoms with Gasteiger partial charge >= 0.3 is 0 Å². The number of fused-ring (bicyclic) bond motifs is 1. The normalized spacial score (nSPS) is 11.6. The summed E-state index contributed by atoms with van der Waals surface area (Å²) < 4.78 is 0. The SMILES string of the molecule is Br.Br.c1cnc2c(c1)CC2. The number of pyridine rings is 1. The van der Waals surface area contributed by atoms with Crippen molar-refractivity contribution in [1.29, 1.82) is 0 Å². The van der Waals surface area contributed by atoms with E-state index in [1.807, 2.05) is 12.3 Å². The molecule has 0 atom stereocenters. The number of hydrogen-bond donors (Lipinski definition) is 0. The lowest BCUT2D eigenvalue weighted by molar-refractivity contribution is 0.789. The summed E-state index contributed by atoms with van der Waals surface area (Å²) in [6, 6.07) is 4.14. The van der Waals surface area contributed by atoms with Crippen molar-refractivity contribution in [2.75, 3.05) is 0 Å². The fraction of sp³-hybridized carbons (Fsp3) is 0.286. The summed E-state index contributed by atoms with van der Waals surface area (Å²) in [5, 5.41) is 0. The summed E-state index contributed by atoms with van der Waals surface area (Å²) in [5.41, 5.74) is 2.74. The molecule has 0 aliphatic heterocycles. The van der Waals surface area contributed by atoms with Gasteiger partial charge < -0.3 is 0 Å². The monoisotopic (exact) mass is 265 g/mol. The fourth-order valence-electron chi connectivity index (χ4n) is 1.00. The molecule has 1 aromatic heterocycles. The Hall–Kier alpha value is 0.110. The van der Waals surface area contributed by atoms with E-state index in [9.17, 15) is 0 Å². The summed E-state index contributed by atoms with van der Waals surface area (Å²) in [6.07, 6.45) is 4.29. The predicted molar refractivity (Wildman–Crippen MR) is 52.3 cm³/mol. The van der Waals surface area contributed by atoms with Crippen molar-refractivity contribution >= 4 is 34.0 Å². The first-order chi connectivity index (χ1) is 3.97. The molecule has 0 radical (unpaired) electrons. The Labute approximate surface area is 81.4 Å². The van der Waals surface area contributed by atoms with Crippen molar-refractivity contribution in [2.24, 2.45) is 0 Å². The molecule has 0 aromatic carbocycles. The minimum absolute atomic E-state index is 0. The topological polar surface area (TPSA) is 12.9 Å². The van der Waals surface area contributed by atoms with E-state index < -0.39 is 0 Å². The van der Waals surface area contributed by atoms with Gasteiger partial charge in [-0.1, -0.05) is 6.07 Å². The molecule has 1 heterocycles. The molecule has 0 fully saturated rings. The van der Waals surface area contributed by atoms with Gasteiger partial charge in [0.1, 0.15) is 0 Å². The second kappa shape index (κ2) is 4.09. The van der Waals surface area contributed by atoms with Crippen LogP contribution >= 0.6 is 34.0 Å². The van der Waals surface area contributed by atoms with Crippen molar-refractivity contribution in [1.82, 2.24) is 4.98 Å². The highest BCUT2D eigenvalue weighted by atomic mass is 79.9. The van der Waals surface area contributed by atoms with Gasteiger partial charge in [0.25, 0.3) is 0 Å². The first-order valence-electron chi connectivity index (χ1n) is 2.89. The molecule has 1 aliphatic rings. The van der Waals surface area contributed by atoms with Crippen molar-refractivity contribution in [3.05, 3.63) is 29.6 Å². The van der Waals surface area contributed by atoms with Gasteiger partial charge in [-0.2, -0.15) is 0 Å². The second-order valence-corrected chi connectivity index (χ2v) is 2.11. The number of nitrogens with zero attached hydrogens (tertiary/aromatic N) is 1. The maximum absolute atomic E-state index is 4.17. The minimum Gasteiger partial charge on any atom is -0.261 e. The van der Waals surface area contributed by atoms with E-state index in [0.29, 0.717) is 0 Å². The Morgan fingerprint density at radius 2 is 2.00 bits per heavy atom. The molecule has 2 rings (SSSR count). The van der Waals surface area contributed by atoms with Crippen LogP contribution in [0.2, 0.25) is 0 Å². The van der Waals surface area contributed by atoms with E-state index in [-0.39, 0.29) is 34.0 Å². The summed E-state index contributed by atoms with van der Waals surface area (Å²) in [4.78, 5) is 4.17. The molecule has 10 heavy (non-hydrogen) atoms. The van der Waals surface area contributed by atoms with Gasteiger partial charge in [0.2, 0.25) is 0 Å². The van der Waals surface area contributed by atoms with Crippen LogP contribution in [0.15, 0.2) is 18.3 Å². The van der Waals surface area contributed by atoms with Crippen molar-refractivity contribution in [3.63, 3.8) is 0 Å². The third-order valence-electron chi connectivity index (χ3n) is 1.62. The van der Waals surface area contributed by atoms with Gasteiger partial charge in [0, 0.05) is 11.9 Å². The van der Waals surface area contributed by atoms with Crippen LogP contribution in [0.1, 0.15) is 11.3 Å². The average molecular weight is 267 g/mol. The summed E-state index contributed by atoms with van der Waals surface area (Å²) in [7, 11) is 0. The van der Waals surface area contributed by atoms with E-state index in [4.69, 9.17) is 0 Å². The van der Waals surface area contributed by atoms with Crippen LogP contribution < -0.4 is 0 Å². The van der Waals surface area contributed by atoms with Gasteiger partial charge in [-0.3, -0.25) is 4.98 Å². The standard InChI is InChI=1S/C7H7N.2BrH/c1-2-6-3-4-7(6)8-5-1;;/h1-2,5H,3-4H2;2*1H. The third kappa shape index (κ3) is 1.58. The van der Waals surface area contributed by atoms with Crippen molar-refractivity contribution in [3.8, 4) is 0 Å². The van der Waals surface area contributed by atoms with E-state index in [1.165, 1.54) is 24.1 Å². The Kier molecular flexibility index (Phi) is 4.13. The molecular formula is C7H9Br2N. The Balaban J connectivity index is 0.000000405. The van der Waals surface area contributed by atoms with Crippen LogP contribution in [-0.2, 0) is 12.8 Å². The lowest BCUT2D eigenvalue weighted by Gasteiger charge is -2.14. The highest BCUT2D eigenvalue weighted by Crippen LogP contribution is 2.17. The largest absolute Gasteiger partial charge is 0.261 e. The van der Waals surface area contributed by atoms with E-state index in [2.05, 4.69) is 11.1 Å². The highest BCUT2D eigenvalue weighted by Gasteiger charge is 2.11. The quantitative estimate of drug-likeness (QED) is 0.703. The number of hydrogen-bond acceptors (Lipinski definition) is 1. The molecule has 0 saturated carbocycles. The van der Waals surface area contributed by atoms with Gasteiger partial charge in [0.05, 0.1) is 0 Å². The van der Waals surface area contributed by atoms with Crippen LogP contribution in [0, 0.1) is 0 Å². The molecule has 1 aliphatic carbocycles. The molecule has 1 nitrogen and oxygen atoms in total. The summed E-state index contributed by atoms with van der Waals surface area (Å²) in [6.45, 7) is 0. The fourth-order valence-corrected chi connectivity index (χ4v) is 1.00. The molecular weight excluding hydrogens is 258 g/mol. The molecule has 0 spiro atoms. The van der Waals surface area contributed by atoms with E-state index in [0.717, 1.165) is 0 Å². The minimum atomic E-state index is 0. The van der Waals surface area contributed by atoms with Gasteiger partial charge in [-0.15, -0.1) is 34.0 Å². The summed E-state index contributed by atoms with van der Waals surface area (Å²) >= 11 is 0. The zero-order valence-electron chi connectivity index (χ0n) is 5.41. The molecule has 3 heteroatoms. The summed E-state index contributed by atoms with van der Waals surface area (Å²) in [5.74, 6) is 0. The smallest absolute Gasteiger partial charge is 0.0438 e. The van der Waals surface area contributed by atoms with Crippen LogP contribution in [0.25, 0.3) is 0 Å². The van der Waals surface area contributed by atoms with Crippen LogP contribution in [0.3, 0.4) is 0 Å². The van der Waals surface area contributed by atoms with Crippen LogP contribution in [0.5, 0.6) is 0 Å². The highest BCUT2D eigenvalue weighted by molar-refractivity contribution is 8.93. The molecule has 0 amide bonds. The predicted octanol–water partition coefficient (Wildman–Crippen LogP) is 2.34. The van der Waals surface area contributed by atoms with Gasteiger partial charge in [-0.25, -0.2) is 0 Å². The molecule has 1 aromatic rings. The number of aryl methyl sites for hydroxylation is 2. The molecule has 0 saturated heterocycles. The average Bonchev–Trinajstić information content (AvgIpc) is 1.72. The zero-order valence-corrected chi connectivity index (χ0v) is 8.84. The Morgan fingerprint density at radius 1 is 1.20 bits per heavy atom. The maximum atomic E-state index is 4.17. The van der Waals surface area contributed by atoms with Gasteiger partial charge in [-0.05, 0) is 24.5 Å². The molecule has 0 unspecified atom stereocenters. The lowest BCUT2D eigenvalue weighted by atomic mass is 9.95. The zero-order chi connectivity index (χ0) is 5.40. The lowest BCUT2D eigenvalue weighted by Crippen LogP contribution is -2.09. The second-order valence-electron chi connectivity index (χ2n) is 2.11. The molecule has 0 bridgehead atoms. The van der Waals surface area contributed by atoms with E-state index >= 15 is 0 Å². The number of rotatable bonds is 0. The number of aromatic nitrogens is 1. The Bertz CT molecular complexity index is 190. The first kappa shape index (κ1) is 10.1. The molecule has 0 N–H and O–H groups in total. The third-order valence-corrected chi connectivity index (χ3v) is 1.62. The Morgan fingerprint density at radius 3 is 2.30 bits per heavy atom. The van der Waals surface area contributed by atoms with Crippen LogP contribution in [0.4, 0.5) is 0 Å². The maximum Gasteiger partial charge on any atom is 0.0438 e. The van der Waals surface area contributed by atoms with Gasteiger partial charge in [0.15, 0.2) is 0 Å². The van der Waals surface area contributed by atoms with Crippen LogP contribution in [-0.4, -0.2) is 4.98 Å². The first-order valence-corrected chi connectivity index (χ1v) is 2.89. The van der Waals surface area contributed by atoms with E-state index in [1.54, 1.807) is 0 Å². The number of halogens is 2. The molecule has 56 valence electrons. The van der Waals surface area contributed by atoms with Crippen molar-refractivity contribution < 1.29 is 0 Å².